The number of carbonyl (C=O) groups excluding carboxylic acids is 2. The summed E-state index contributed by atoms with van der Waals surface area (Å²) < 4.78 is 46.2. The number of carbonyl (C=O) groups is 2. The highest BCUT2D eigenvalue weighted by Crippen LogP contribution is 2.35. The van der Waals surface area contributed by atoms with Crippen LogP contribution in [0.25, 0.3) is 5.57 Å². The number of nitrogens with zero attached hydrogens (tertiary/aromatic N) is 2. The van der Waals surface area contributed by atoms with E-state index in [1.165, 1.54) is 16.4 Å². The number of hydrogen-bond donors (Lipinski definition) is 3. The fourth-order valence-electron chi connectivity index (χ4n) is 5.90. The zero-order valence-electron chi connectivity index (χ0n) is 26.0. The van der Waals surface area contributed by atoms with E-state index in [4.69, 9.17) is 14.2 Å². The molecule has 5 unspecified atom stereocenters. The quantitative estimate of drug-likeness (QED) is 0.298. The predicted octanol–water partition coefficient (Wildman–Crippen LogP) is 2.65. The smallest absolute Gasteiger partial charge is 0.407 e. The van der Waals surface area contributed by atoms with Crippen LogP contribution in [-0.2, 0) is 35.4 Å². The molecule has 45 heavy (non-hydrogen) atoms. The lowest BCUT2D eigenvalue weighted by Crippen LogP contribution is -2.51. The molecule has 0 bridgehead atoms. The molecule has 5 rings (SSSR count). The second-order valence-electron chi connectivity index (χ2n) is 12.4. The maximum Gasteiger partial charge on any atom is 0.407 e. The molecule has 3 aliphatic rings. The van der Waals surface area contributed by atoms with Crippen LogP contribution in [-0.4, -0.2) is 99.7 Å². The summed E-state index contributed by atoms with van der Waals surface area (Å²) >= 11 is 0. The van der Waals surface area contributed by atoms with Crippen molar-refractivity contribution in [3.63, 3.8) is 0 Å². The van der Waals surface area contributed by atoms with Crippen molar-refractivity contribution in [2.45, 2.75) is 56.1 Å². The molecule has 0 aromatic heterocycles. The third-order valence-corrected chi connectivity index (χ3v) is 9.90. The molecule has 3 heterocycles. The van der Waals surface area contributed by atoms with E-state index in [0.29, 0.717) is 23.4 Å². The Morgan fingerprint density at radius 1 is 1.16 bits per heavy atom. The van der Waals surface area contributed by atoms with Crippen LogP contribution in [0.4, 0.5) is 10.5 Å². The van der Waals surface area contributed by atoms with Gasteiger partial charge in [-0.15, -0.1) is 0 Å². The maximum absolute atomic E-state index is 14.1. The van der Waals surface area contributed by atoms with Crippen LogP contribution in [0.2, 0.25) is 0 Å². The topological polar surface area (TPSA) is 147 Å². The first-order valence-corrected chi connectivity index (χ1v) is 16.6. The average Bonchev–Trinajstić information content (AvgIpc) is 3.68. The highest BCUT2D eigenvalue weighted by Gasteiger charge is 2.44. The van der Waals surface area contributed by atoms with E-state index in [9.17, 15) is 23.1 Å². The van der Waals surface area contributed by atoms with E-state index >= 15 is 0 Å². The molecule has 2 amide bonds. The lowest BCUT2D eigenvalue weighted by molar-refractivity contribution is -0.110. The molecule has 2 aromatic rings. The Morgan fingerprint density at radius 2 is 1.91 bits per heavy atom. The minimum absolute atomic E-state index is 0.00296. The molecule has 2 fully saturated rings. The van der Waals surface area contributed by atoms with E-state index in [-0.39, 0.29) is 55.0 Å². The molecule has 0 radical (unpaired) electrons. The Labute approximate surface area is 264 Å². The van der Waals surface area contributed by atoms with Crippen LogP contribution in [0.15, 0.2) is 59.6 Å². The Morgan fingerprint density at radius 3 is 2.62 bits per heavy atom. The van der Waals surface area contributed by atoms with Gasteiger partial charge in [0.05, 0.1) is 41.7 Å². The summed E-state index contributed by atoms with van der Waals surface area (Å²) in [5, 5.41) is 17.1. The Kier molecular flexibility index (Phi) is 10.1. The summed E-state index contributed by atoms with van der Waals surface area (Å²) in [7, 11) is -0.567. The molecule has 0 saturated carbocycles. The summed E-state index contributed by atoms with van der Waals surface area (Å²) in [4.78, 5) is 27.4. The molecule has 2 aromatic carbocycles. The standard InChI is InChI=1S/C32H42N4O8S/c1-20(2)16-36(45(40,41)22-10-11-26-24(15-22)25(17-35(3)4)30(38)33-26)18-28(37)27(14-21-8-6-5-7-9-21)34-32(39)44-29-19-43-31-23(29)12-13-42-31/h5-11,15,17,20,23,27-29,31,37H,12-14,16,18-19H2,1-4H3,(H,33,38)(H,34,39)/b25-17-. The van der Waals surface area contributed by atoms with E-state index in [0.717, 1.165) is 12.0 Å². The Bertz CT molecular complexity index is 1510. The first-order valence-electron chi connectivity index (χ1n) is 15.2. The van der Waals surface area contributed by atoms with Gasteiger partial charge in [-0.25, -0.2) is 13.2 Å². The van der Waals surface area contributed by atoms with Crippen molar-refractivity contribution in [2.75, 3.05) is 45.7 Å². The minimum atomic E-state index is -4.13. The van der Waals surface area contributed by atoms with Gasteiger partial charge in [0.2, 0.25) is 10.0 Å². The maximum atomic E-state index is 14.1. The zero-order chi connectivity index (χ0) is 32.3. The average molecular weight is 643 g/mol. The summed E-state index contributed by atoms with van der Waals surface area (Å²) in [6.45, 7) is 4.38. The number of anilines is 1. The number of sulfonamides is 1. The van der Waals surface area contributed by atoms with Gasteiger partial charge < -0.3 is 34.9 Å². The monoisotopic (exact) mass is 642 g/mol. The summed E-state index contributed by atoms with van der Waals surface area (Å²) in [5.41, 5.74) is 2.22. The number of rotatable bonds is 12. The fourth-order valence-corrected chi connectivity index (χ4v) is 7.55. The van der Waals surface area contributed by atoms with Gasteiger partial charge in [0.15, 0.2) is 6.29 Å². The number of aliphatic hydroxyl groups is 1. The third-order valence-electron chi connectivity index (χ3n) is 8.07. The Balaban J connectivity index is 1.37. The van der Waals surface area contributed by atoms with Gasteiger partial charge in [0.25, 0.3) is 5.91 Å². The lowest BCUT2D eigenvalue weighted by Gasteiger charge is -2.31. The molecule has 5 atom stereocenters. The van der Waals surface area contributed by atoms with Crippen LogP contribution >= 0.6 is 0 Å². The van der Waals surface area contributed by atoms with Crippen LogP contribution < -0.4 is 10.6 Å². The highest BCUT2D eigenvalue weighted by molar-refractivity contribution is 7.89. The van der Waals surface area contributed by atoms with Gasteiger partial charge in [0.1, 0.15) is 6.10 Å². The molecule has 0 aliphatic carbocycles. The summed E-state index contributed by atoms with van der Waals surface area (Å²) in [6.07, 6.45) is -0.248. The molecule has 12 nitrogen and oxygen atoms in total. The number of fused-ring (bicyclic) bond motifs is 2. The third kappa shape index (κ3) is 7.67. The molecule has 2 saturated heterocycles. The number of aliphatic hydroxyl groups excluding tert-OH is 1. The van der Waals surface area contributed by atoms with Crippen molar-refractivity contribution >= 4 is 33.3 Å². The van der Waals surface area contributed by atoms with E-state index in [1.807, 2.05) is 44.2 Å². The Hall–Kier alpha value is -3.49. The van der Waals surface area contributed by atoms with Gasteiger partial charge in [0, 0.05) is 44.6 Å². The van der Waals surface area contributed by atoms with Gasteiger partial charge in [-0.1, -0.05) is 44.2 Å². The van der Waals surface area contributed by atoms with E-state index in [1.54, 1.807) is 31.3 Å². The first-order chi connectivity index (χ1) is 21.4. The molecule has 244 valence electrons. The summed E-state index contributed by atoms with van der Waals surface area (Å²) in [6, 6.07) is 13.0. The van der Waals surface area contributed by atoms with Crippen LogP contribution in [0.1, 0.15) is 31.4 Å². The van der Waals surface area contributed by atoms with Crippen LogP contribution in [0.3, 0.4) is 0 Å². The second-order valence-corrected chi connectivity index (χ2v) is 14.3. The van der Waals surface area contributed by atoms with Crippen molar-refractivity contribution in [1.82, 2.24) is 14.5 Å². The largest absolute Gasteiger partial charge is 0.443 e. The number of alkyl carbamates (subject to hydrolysis) is 1. The van der Waals surface area contributed by atoms with Crippen LogP contribution in [0, 0.1) is 11.8 Å². The zero-order valence-corrected chi connectivity index (χ0v) is 26.8. The number of amides is 2. The van der Waals surface area contributed by atoms with Crippen molar-refractivity contribution in [3.05, 3.63) is 65.9 Å². The van der Waals surface area contributed by atoms with Gasteiger partial charge in [-0.05, 0) is 42.5 Å². The van der Waals surface area contributed by atoms with E-state index < -0.39 is 34.4 Å². The second kappa shape index (κ2) is 13.9. The van der Waals surface area contributed by atoms with Gasteiger partial charge >= 0.3 is 6.09 Å². The number of ether oxygens (including phenoxy) is 3. The van der Waals surface area contributed by atoms with Gasteiger partial charge in [-0.2, -0.15) is 4.31 Å². The molecule has 0 spiro atoms. The predicted molar refractivity (Wildman–Crippen MR) is 167 cm³/mol. The SMILES string of the molecule is CC(C)CN(CC(O)C(Cc1ccccc1)NC(=O)OC1COC2OCCC12)S(=O)(=O)c1ccc2c(c1)/C(=C/N(C)C)C(=O)N2. The molecule has 3 N–H and O–H groups in total. The molecule has 13 heteroatoms. The summed E-state index contributed by atoms with van der Waals surface area (Å²) in [5.74, 6) is -0.432. The van der Waals surface area contributed by atoms with Gasteiger partial charge in [-0.3, -0.25) is 4.79 Å². The number of benzene rings is 2. The van der Waals surface area contributed by atoms with Crippen molar-refractivity contribution in [3.8, 4) is 0 Å². The normalized spacial score (nSPS) is 23.1. The number of hydrogen-bond acceptors (Lipinski definition) is 9. The molecular weight excluding hydrogens is 600 g/mol. The lowest BCUT2D eigenvalue weighted by atomic mass is 10.0. The van der Waals surface area contributed by atoms with E-state index in [2.05, 4.69) is 10.6 Å². The molecule has 3 aliphatic heterocycles. The van der Waals surface area contributed by atoms with Crippen molar-refractivity contribution < 1.29 is 37.3 Å². The molecular formula is C32H42N4O8S. The minimum Gasteiger partial charge on any atom is -0.443 e. The fraction of sp³-hybridized carbons (Fsp3) is 0.500. The van der Waals surface area contributed by atoms with Crippen molar-refractivity contribution in [2.24, 2.45) is 11.8 Å². The van der Waals surface area contributed by atoms with Crippen molar-refractivity contribution in [1.29, 1.82) is 0 Å². The first kappa shape index (κ1) is 32.9. The number of nitrogens with one attached hydrogen (secondary N) is 2. The highest BCUT2D eigenvalue weighted by atomic mass is 32.2. The van der Waals surface area contributed by atoms with Crippen LogP contribution in [0.5, 0.6) is 0 Å².